The molecule has 0 bridgehead atoms. The Hall–Kier alpha value is -2.32. The van der Waals surface area contributed by atoms with Crippen molar-refractivity contribution in [2.45, 2.75) is 23.7 Å². The van der Waals surface area contributed by atoms with E-state index in [0.717, 1.165) is 10.6 Å². The molecule has 1 aliphatic rings. The molecule has 24 heavy (non-hydrogen) atoms. The van der Waals surface area contributed by atoms with Crippen LogP contribution in [0, 0.1) is 6.92 Å². The second-order valence-electron chi connectivity index (χ2n) is 5.22. The summed E-state index contributed by atoms with van der Waals surface area (Å²) in [4.78, 5) is 22.3. The highest BCUT2D eigenvalue weighted by Crippen LogP contribution is 2.38. The lowest BCUT2D eigenvalue weighted by atomic mass is 9.84. The number of ether oxygens (including phenoxy) is 1. The van der Waals surface area contributed by atoms with Gasteiger partial charge in [0, 0.05) is 30.3 Å². The van der Waals surface area contributed by atoms with E-state index in [-0.39, 0.29) is 0 Å². The van der Waals surface area contributed by atoms with Gasteiger partial charge >= 0.3 is 0 Å². The van der Waals surface area contributed by atoms with Gasteiger partial charge in [-0.15, -0.1) is 11.8 Å². The summed E-state index contributed by atoms with van der Waals surface area (Å²) in [6, 6.07) is 5.57. The molecule has 2 N–H and O–H groups in total. The van der Waals surface area contributed by atoms with Crippen LogP contribution in [0.15, 0.2) is 39.4 Å². The van der Waals surface area contributed by atoms with Gasteiger partial charge in [0.2, 0.25) is 5.88 Å². The minimum atomic E-state index is -0.938. The molecule has 3 heterocycles. The molecule has 2 aromatic rings. The third-order valence-electron chi connectivity index (χ3n) is 3.82. The highest BCUT2D eigenvalue weighted by Gasteiger charge is 2.43. The van der Waals surface area contributed by atoms with Crippen molar-refractivity contribution in [2.24, 2.45) is 15.7 Å². The van der Waals surface area contributed by atoms with Crippen molar-refractivity contribution in [2.75, 3.05) is 13.4 Å². The van der Waals surface area contributed by atoms with E-state index < -0.39 is 11.7 Å². The molecule has 0 saturated carbocycles. The van der Waals surface area contributed by atoms with Crippen molar-refractivity contribution in [3.8, 4) is 5.88 Å². The maximum absolute atomic E-state index is 6.35. The van der Waals surface area contributed by atoms with E-state index in [4.69, 9.17) is 10.5 Å². The zero-order chi connectivity index (χ0) is 17.2. The number of aryl methyl sites for hydroxylation is 1. The number of aliphatic imine (C=N–C) groups is 2. The number of pyridine rings is 1. The predicted molar refractivity (Wildman–Crippen MR) is 95.1 cm³/mol. The second kappa shape index (κ2) is 6.66. The molecule has 0 spiro atoms. The number of methoxy groups -OCH3 is 1. The van der Waals surface area contributed by atoms with E-state index in [1.54, 1.807) is 43.6 Å². The molecule has 2 atom stereocenters. The third kappa shape index (κ3) is 2.78. The predicted octanol–water partition coefficient (Wildman–Crippen LogP) is 1.59. The fourth-order valence-corrected chi connectivity index (χ4v) is 3.10. The standard InChI is InChI=1S/C16H18N6OS/c1-10-21-12(8-14(22-10)24-3)16(15(17)18-6-7-20-16)11-4-5-13(23-2)19-9-11/h4-9,15H,17H2,1-3H3. The molecule has 0 aliphatic carbocycles. The van der Waals surface area contributed by atoms with Gasteiger partial charge in [0.15, 0.2) is 5.54 Å². The number of hydrogen-bond acceptors (Lipinski definition) is 8. The highest BCUT2D eigenvalue weighted by atomic mass is 32.2. The van der Waals surface area contributed by atoms with Crippen LogP contribution in [-0.4, -0.2) is 46.9 Å². The number of rotatable bonds is 4. The Kier molecular flexibility index (Phi) is 4.59. The van der Waals surface area contributed by atoms with Crippen LogP contribution in [0.1, 0.15) is 17.1 Å². The Bertz CT molecular complexity index is 792. The number of nitrogens with two attached hydrogens (primary N) is 1. The topological polar surface area (TPSA) is 98.6 Å². The van der Waals surface area contributed by atoms with E-state index in [0.29, 0.717) is 17.4 Å². The Labute approximate surface area is 144 Å². The van der Waals surface area contributed by atoms with Crippen LogP contribution in [0.25, 0.3) is 0 Å². The van der Waals surface area contributed by atoms with Gasteiger partial charge in [-0.1, -0.05) is 0 Å². The lowest BCUT2D eigenvalue weighted by Gasteiger charge is -2.34. The van der Waals surface area contributed by atoms with E-state index in [2.05, 4.69) is 24.9 Å². The summed E-state index contributed by atoms with van der Waals surface area (Å²) in [6.45, 7) is 1.85. The van der Waals surface area contributed by atoms with Gasteiger partial charge in [0.25, 0.3) is 0 Å². The van der Waals surface area contributed by atoms with Gasteiger partial charge < -0.3 is 10.5 Å². The first-order chi connectivity index (χ1) is 11.6. The van der Waals surface area contributed by atoms with Crippen LogP contribution in [0.2, 0.25) is 0 Å². The zero-order valence-electron chi connectivity index (χ0n) is 13.7. The number of thioether (sulfide) groups is 1. The summed E-state index contributed by atoms with van der Waals surface area (Å²) in [5, 5.41) is 0.857. The summed E-state index contributed by atoms with van der Waals surface area (Å²) in [5.41, 5.74) is 6.91. The molecule has 0 saturated heterocycles. The normalized spacial score (nSPS) is 22.6. The first kappa shape index (κ1) is 16.5. The maximum Gasteiger partial charge on any atom is 0.212 e. The Morgan fingerprint density at radius 2 is 2.08 bits per heavy atom. The SMILES string of the molecule is COc1ccc(C2(c3cc(SC)nc(C)n3)N=CC=NC2N)cn1. The van der Waals surface area contributed by atoms with E-state index >= 15 is 0 Å². The average Bonchev–Trinajstić information content (AvgIpc) is 2.62. The molecular formula is C16H18N6OS. The molecule has 8 heteroatoms. The average molecular weight is 342 g/mol. The molecule has 7 nitrogen and oxygen atoms in total. The summed E-state index contributed by atoms with van der Waals surface area (Å²) in [6.07, 6.45) is 6.30. The summed E-state index contributed by atoms with van der Waals surface area (Å²) in [5.74, 6) is 1.18. The van der Waals surface area contributed by atoms with Gasteiger partial charge in [-0.05, 0) is 25.3 Å². The van der Waals surface area contributed by atoms with Gasteiger partial charge in [-0.25, -0.2) is 15.0 Å². The third-order valence-corrected chi connectivity index (χ3v) is 4.45. The van der Waals surface area contributed by atoms with Crippen molar-refractivity contribution in [3.05, 3.63) is 41.5 Å². The molecule has 0 amide bonds. The van der Waals surface area contributed by atoms with E-state index in [1.165, 1.54) is 0 Å². The fourth-order valence-electron chi connectivity index (χ4n) is 2.64. The summed E-state index contributed by atoms with van der Waals surface area (Å²) < 4.78 is 5.14. The molecular weight excluding hydrogens is 324 g/mol. The van der Waals surface area contributed by atoms with Crippen molar-refractivity contribution in [3.63, 3.8) is 0 Å². The van der Waals surface area contributed by atoms with Crippen LogP contribution in [0.4, 0.5) is 0 Å². The van der Waals surface area contributed by atoms with Crippen LogP contribution >= 0.6 is 11.8 Å². The number of aromatic nitrogens is 3. The first-order valence-corrected chi connectivity index (χ1v) is 8.56. The number of nitrogens with zero attached hydrogens (tertiary/aromatic N) is 5. The monoisotopic (exact) mass is 342 g/mol. The van der Waals surface area contributed by atoms with Crippen molar-refractivity contribution in [1.82, 2.24) is 15.0 Å². The zero-order valence-corrected chi connectivity index (χ0v) is 14.5. The largest absolute Gasteiger partial charge is 0.481 e. The highest BCUT2D eigenvalue weighted by molar-refractivity contribution is 7.98. The molecule has 1 aliphatic heterocycles. The maximum atomic E-state index is 6.35. The van der Waals surface area contributed by atoms with E-state index in [1.807, 2.05) is 25.3 Å². The lowest BCUT2D eigenvalue weighted by Crippen LogP contribution is -2.46. The van der Waals surface area contributed by atoms with Crippen LogP contribution < -0.4 is 10.5 Å². The molecule has 2 unspecified atom stereocenters. The Balaban J connectivity index is 2.21. The second-order valence-corrected chi connectivity index (χ2v) is 6.05. The van der Waals surface area contributed by atoms with Crippen molar-refractivity contribution in [1.29, 1.82) is 0 Å². The minimum absolute atomic E-state index is 0.523. The van der Waals surface area contributed by atoms with Crippen LogP contribution in [0.5, 0.6) is 5.88 Å². The van der Waals surface area contributed by atoms with Crippen molar-refractivity contribution >= 4 is 24.2 Å². The van der Waals surface area contributed by atoms with E-state index in [9.17, 15) is 0 Å². The van der Waals surface area contributed by atoms with Gasteiger partial charge in [0.1, 0.15) is 12.0 Å². The Morgan fingerprint density at radius 1 is 1.25 bits per heavy atom. The molecule has 124 valence electrons. The molecule has 0 radical (unpaired) electrons. The van der Waals surface area contributed by atoms with Gasteiger partial charge in [0.05, 0.1) is 17.8 Å². The van der Waals surface area contributed by atoms with Crippen LogP contribution in [-0.2, 0) is 5.54 Å². The van der Waals surface area contributed by atoms with Crippen LogP contribution in [0.3, 0.4) is 0 Å². The summed E-state index contributed by atoms with van der Waals surface area (Å²) >= 11 is 1.54. The smallest absolute Gasteiger partial charge is 0.212 e. The molecule has 3 rings (SSSR count). The van der Waals surface area contributed by atoms with Crippen molar-refractivity contribution < 1.29 is 4.74 Å². The van der Waals surface area contributed by atoms with Gasteiger partial charge in [-0.3, -0.25) is 9.98 Å². The molecule has 0 fully saturated rings. The Morgan fingerprint density at radius 3 is 2.71 bits per heavy atom. The molecule has 2 aromatic heterocycles. The summed E-state index contributed by atoms with van der Waals surface area (Å²) in [7, 11) is 1.57. The number of hydrogen-bond donors (Lipinski definition) is 1. The fraction of sp³-hybridized carbons (Fsp3) is 0.312. The minimum Gasteiger partial charge on any atom is -0.481 e. The quantitative estimate of drug-likeness (QED) is 0.669. The first-order valence-electron chi connectivity index (χ1n) is 7.33. The van der Waals surface area contributed by atoms with Gasteiger partial charge in [-0.2, -0.15) is 0 Å². The lowest BCUT2D eigenvalue weighted by molar-refractivity contribution is 0.392. The molecule has 0 aromatic carbocycles.